The second kappa shape index (κ2) is 14.4. The van der Waals surface area contributed by atoms with Crippen molar-refractivity contribution in [3.63, 3.8) is 0 Å². The van der Waals surface area contributed by atoms with E-state index in [0.717, 1.165) is 100 Å². The summed E-state index contributed by atoms with van der Waals surface area (Å²) in [7, 11) is 0. The molecular formula is C52H32N6. The summed E-state index contributed by atoms with van der Waals surface area (Å²) in [6, 6.07) is 59.6. The van der Waals surface area contributed by atoms with Gasteiger partial charge < -0.3 is 9.97 Å². The van der Waals surface area contributed by atoms with Gasteiger partial charge in [-0.3, -0.25) is 0 Å². The van der Waals surface area contributed by atoms with Crippen molar-refractivity contribution >= 4 is 45.9 Å². The lowest BCUT2D eigenvalue weighted by Gasteiger charge is -2.10. The summed E-state index contributed by atoms with van der Waals surface area (Å²) in [5.74, 6) is 0. The molecule has 3 aromatic heterocycles. The topological polar surface area (TPSA) is 105 Å². The molecule has 0 amide bonds. The van der Waals surface area contributed by atoms with Crippen LogP contribution in [0.2, 0.25) is 0 Å². The summed E-state index contributed by atoms with van der Waals surface area (Å²) in [5.41, 5.74) is 16.8. The monoisotopic (exact) mass is 740 g/mol. The van der Waals surface area contributed by atoms with Crippen molar-refractivity contribution in [1.29, 1.82) is 10.5 Å². The minimum atomic E-state index is 0.309. The molecule has 6 nitrogen and oxygen atoms in total. The van der Waals surface area contributed by atoms with Gasteiger partial charge >= 0.3 is 0 Å². The Morgan fingerprint density at radius 2 is 0.793 bits per heavy atom. The summed E-state index contributed by atoms with van der Waals surface area (Å²) in [6.45, 7) is 0. The number of hydrogen-bond donors (Lipinski definition) is 2. The summed E-state index contributed by atoms with van der Waals surface area (Å²) >= 11 is 0. The van der Waals surface area contributed by atoms with E-state index >= 15 is 0 Å². The number of nitrogens with one attached hydrogen (secondary N) is 2. The first kappa shape index (κ1) is 34.2. The van der Waals surface area contributed by atoms with E-state index in [1.165, 1.54) is 0 Å². The van der Waals surface area contributed by atoms with Gasteiger partial charge in [-0.2, -0.15) is 10.5 Å². The second-order valence-corrected chi connectivity index (χ2v) is 14.1. The number of nitriles is 2. The van der Waals surface area contributed by atoms with Gasteiger partial charge in [0.2, 0.25) is 0 Å². The molecule has 5 heterocycles. The lowest BCUT2D eigenvalue weighted by Crippen LogP contribution is -1.94. The van der Waals surface area contributed by atoms with Gasteiger partial charge in [-0.1, -0.05) is 127 Å². The molecule has 6 heteroatoms. The van der Waals surface area contributed by atoms with Crippen molar-refractivity contribution in [2.45, 2.75) is 0 Å². The van der Waals surface area contributed by atoms with Gasteiger partial charge in [0.05, 0.1) is 33.9 Å². The predicted octanol–water partition coefficient (Wildman–Crippen LogP) is 12.5. The van der Waals surface area contributed by atoms with Gasteiger partial charge in [0.25, 0.3) is 0 Å². The maximum atomic E-state index is 10.1. The third-order valence-corrected chi connectivity index (χ3v) is 10.7. The van der Waals surface area contributed by atoms with Gasteiger partial charge in [-0.25, -0.2) is 9.97 Å². The Bertz CT molecular complexity index is 3210. The fraction of sp³-hybridized carbons (Fsp3) is 0. The molecule has 0 spiro atoms. The molecule has 58 heavy (non-hydrogen) atoms. The Labute approximate surface area is 335 Å². The highest BCUT2D eigenvalue weighted by Crippen LogP contribution is 2.42. The third-order valence-electron chi connectivity index (χ3n) is 10.7. The molecule has 2 N–H and O–H groups in total. The van der Waals surface area contributed by atoms with E-state index in [1.807, 2.05) is 66.7 Å². The van der Waals surface area contributed by atoms with Crippen molar-refractivity contribution in [2.24, 2.45) is 0 Å². The number of benzene rings is 5. The molecule has 270 valence electrons. The number of aromatic nitrogens is 4. The normalized spacial score (nSPS) is 11.8. The van der Waals surface area contributed by atoms with Crippen LogP contribution < -0.4 is 0 Å². The Morgan fingerprint density at radius 3 is 1.24 bits per heavy atom. The van der Waals surface area contributed by atoms with Gasteiger partial charge in [-0.15, -0.1) is 0 Å². The van der Waals surface area contributed by atoms with Gasteiger partial charge in [0, 0.05) is 49.9 Å². The fourth-order valence-electron chi connectivity index (χ4n) is 8.04. The van der Waals surface area contributed by atoms with Gasteiger partial charge in [-0.05, 0) is 82.4 Å². The van der Waals surface area contributed by atoms with Gasteiger partial charge in [0.1, 0.15) is 12.1 Å². The number of rotatable bonds is 5. The van der Waals surface area contributed by atoms with Crippen LogP contribution in [-0.2, 0) is 0 Å². The van der Waals surface area contributed by atoms with Crippen LogP contribution in [0, 0.1) is 22.7 Å². The molecule has 2 aliphatic heterocycles. The molecule has 0 saturated carbocycles. The third kappa shape index (κ3) is 5.99. The van der Waals surface area contributed by atoms with Crippen LogP contribution in [0.15, 0.2) is 164 Å². The van der Waals surface area contributed by atoms with Crippen LogP contribution in [0.5, 0.6) is 0 Å². The SMILES string of the molecule is N#Cc1ccc(C2=Cc3nc2c(-c2ccccc2)c2ccc([nH]2)c(-c2ccccc2)c2nc(c(-c4ccccc4)c4ccc([nH]4)c3-c3ccccc3)C=C2)cc1C#N. The zero-order valence-electron chi connectivity index (χ0n) is 31.1. The minimum absolute atomic E-state index is 0.309. The molecular weight excluding hydrogens is 709 g/mol. The highest BCUT2D eigenvalue weighted by Gasteiger charge is 2.24. The van der Waals surface area contributed by atoms with E-state index in [0.29, 0.717) is 11.1 Å². The summed E-state index contributed by atoms with van der Waals surface area (Å²) in [4.78, 5) is 18.6. The second-order valence-electron chi connectivity index (χ2n) is 14.1. The maximum absolute atomic E-state index is 10.1. The number of H-pyrrole nitrogens is 2. The highest BCUT2D eigenvalue weighted by atomic mass is 14.8. The van der Waals surface area contributed by atoms with E-state index in [-0.39, 0.29) is 0 Å². The molecule has 0 aliphatic carbocycles. The molecule has 0 unspecified atom stereocenters. The first-order chi connectivity index (χ1) is 28.7. The van der Waals surface area contributed by atoms with Gasteiger partial charge in [0.15, 0.2) is 0 Å². The van der Waals surface area contributed by atoms with Crippen molar-refractivity contribution in [2.75, 3.05) is 0 Å². The molecule has 0 atom stereocenters. The van der Waals surface area contributed by atoms with Crippen LogP contribution in [0.25, 0.3) is 90.4 Å². The standard InChI is InChI=1S/C52H32N6/c53-31-38-22-21-37(29-39(38)32-54)40-30-47-50(35-17-9-3-10-18-35)45-26-25-43(56-45)48(33-13-5-1-6-14-33)41-23-24-42(55-41)49(34-15-7-2-8-16-34)44-27-28-46(57-44)51(52(40)58-47)36-19-11-4-12-20-36/h1-30,56-57H. The predicted molar refractivity (Wildman–Crippen MR) is 235 cm³/mol. The van der Waals surface area contributed by atoms with Crippen LogP contribution in [0.3, 0.4) is 0 Å². The van der Waals surface area contributed by atoms with E-state index in [4.69, 9.17) is 9.97 Å². The maximum Gasteiger partial charge on any atom is 0.101 e. The quantitative estimate of drug-likeness (QED) is 0.183. The van der Waals surface area contributed by atoms with E-state index in [2.05, 4.69) is 125 Å². The van der Waals surface area contributed by atoms with E-state index < -0.39 is 0 Å². The average molecular weight is 741 g/mol. The average Bonchev–Trinajstić information content (AvgIpc) is 4.13. The summed E-state index contributed by atoms with van der Waals surface area (Å²) in [6.07, 6.45) is 6.32. The molecule has 5 aromatic carbocycles. The van der Waals surface area contributed by atoms with Crippen molar-refractivity contribution in [3.05, 3.63) is 203 Å². The van der Waals surface area contributed by atoms with E-state index in [9.17, 15) is 10.5 Å². The van der Waals surface area contributed by atoms with Crippen LogP contribution >= 0.6 is 0 Å². The molecule has 0 fully saturated rings. The minimum Gasteiger partial charge on any atom is -0.354 e. The first-order valence-corrected chi connectivity index (χ1v) is 19.0. The Kier molecular flexibility index (Phi) is 8.49. The summed E-state index contributed by atoms with van der Waals surface area (Å²) in [5, 5.41) is 20.0. The summed E-state index contributed by atoms with van der Waals surface area (Å²) < 4.78 is 0. The van der Waals surface area contributed by atoms with Crippen LogP contribution in [0.4, 0.5) is 0 Å². The first-order valence-electron chi connectivity index (χ1n) is 19.0. The van der Waals surface area contributed by atoms with Crippen molar-refractivity contribution in [1.82, 2.24) is 19.9 Å². The Hall–Kier alpha value is -8.32. The number of aromatic amines is 2. The molecule has 0 saturated heterocycles. The zero-order chi connectivity index (χ0) is 39.0. The lowest BCUT2D eigenvalue weighted by molar-refractivity contribution is 1.30. The lowest BCUT2D eigenvalue weighted by atomic mass is 9.93. The van der Waals surface area contributed by atoms with Crippen LogP contribution in [-0.4, -0.2) is 19.9 Å². The zero-order valence-corrected chi connectivity index (χ0v) is 31.1. The molecule has 8 aromatic rings. The smallest absolute Gasteiger partial charge is 0.101 e. The molecule has 2 aliphatic rings. The molecule has 10 rings (SSSR count). The number of nitrogens with zero attached hydrogens (tertiary/aromatic N) is 4. The Morgan fingerprint density at radius 1 is 0.379 bits per heavy atom. The van der Waals surface area contributed by atoms with E-state index in [1.54, 1.807) is 12.1 Å². The Balaban J connectivity index is 1.43. The highest BCUT2D eigenvalue weighted by molar-refractivity contribution is 6.05. The number of fused-ring (bicyclic) bond motifs is 8. The van der Waals surface area contributed by atoms with Crippen molar-refractivity contribution in [3.8, 4) is 56.6 Å². The van der Waals surface area contributed by atoms with Crippen LogP contribution in [0.1, 0.15) is 39.5 Å². The molecule has 0 radical (unpaired) electrons. The van der Waals surface area contributed by atoms with Crippen molar-refractivity contribution < 1.29 is 0 Å². The largest absolute Gasteiger partial charge is 0.354 e. The fourth-order valence-corrected chi connectivity index (χ4v) is 8.04. The number of hydrogen-bond acceptors (Lipinski definition) is 4. The molecule has 8 bridgehead atoms.